The van der Waals surface area contributed by atoms with E-state index in [1.54, 1.807) is 29.4 Å². The molecule has 158 valence electrons. The molecule has 0 unspecified atom stereocenters. The van der Waals surface area contributed by atoms with Crippen molar-refractivity contribution in [3.63, 3.8) is 0 Å². The summed E-state index contributed by atoms with van der Waals surface area (Å²) < 4.78 is 0. The molecule has 2 amide bonds. The third-order valence-corrected chi connectivity index (χ3v) is 6.19. The highest BCUT2D eigenvalue weighted by Crippen LogP contribution is 2.32. The third kappa shape index (κ3) is 3.74. The first kappa shape index (κ1) is 20.3. The Morgan fingerprint density at radius 3 is 2.77 bits per heavy atom. The average molecular weight is 409 g/mol. The van der Waals surface area contributed by atoms with Crippen LogP contribution in [0.3, 0.4) is 0 Å². The van der Waals surface area contributed by atoms with Crippen LogP contribution in [0.15, 0.2) is 29.3 Å². The highest BCUT2D eigenvalue weighted by molar-refractivity contribution is 5.94. The van der Waals surface area contributed by atoms with Gasteiger partial charge in [-0.25, -0.2) is 4.98 Å². The van der Waals surface area contributed by atoms with Crippen LogP contribution in [0, 0.1) is 5.92 Å². The Morgan fingerprint density at radius 2 is 2.03 bits per heavy atom. The molecule has 2 aromatic rings. The number of nitrogens with zero attached hydrogens (tertiary/aromatic N) is 4. The zero-order valence-corrected chi connectivity index (χ0v) is 17.4. The summed E-state index contributed by atoms with van der Waals surface area (Å²) >= 11 is 0. The number of carbonyl (C=O) groups excluding carboxylic acids is 2. The zero-order valence-electron chi connectivity index (χ0n) is 17.4. The first-order chi connectivity index (χ1) is 14.5. The van der Waals surface area contributed by atoms with Crippen molar-refractivity contribution in [1.29, 1.82) is 0 Å². The number of hydrogen-bond donors (Lipinski definition) is 1. The smallest absolute Gasteiger partial charge is 0.254 e. The molecule has 0 radical (unpaired) electrons. The highest BCUT2D eigenvalue weighted by Gasteiger charge is 2.34. The van der Waals surface area contributed by atoms with Gasteiger partial charge in [0.2, 0.25) is 5.91 Å². The molecule has 8 nitrogen and oxygen atoms in total. The van der Waals surface area contributed by atoms with Gasteiger partial charge < -0.3 is 14.8 Å². The van der Waals surface area contributed by atoms with Gasteiger partial charge in [0.05, 0.1) is 18.3 Å². The van der Waals surface area contributed by atoms with E-state index in [4.69, 9.17) is 4.98 Å². The minimum absolute atomic E-state index is 0.0524. The molecule has 2 aliphatic heterocycles. The Morgan fingerprint density at radius 1 is 1.27 bits per heavy atom. The molecular weight excluding hydrogens is 382 g/mol. The first-order valence-electron chi connectivity index (χ1n) is 10.6. The van der Waals surface area contributed by atoms with Crippen molar-refractivity contribution in [2.24, 2.45) is 5.92 Å². The van der Waals surface area contributed by atoms with E-state index in [9.17, 15) is 14.4 Å². The molecule has 1 fully saturated rings. The van der Waals surface area contributed by atoms with Crippen molar-refractivity contribution in [3.8, 4) is 0 Å². The van der Waals surface area contributed by atoms with Crippen molar-refractivity contribution in [2.75, 3.05) is 13.1 Å². The molecule has 1 N–H and O–H groups in total. The molecule has 2 aromatic heterocycles. The molecule has 0 spiro atoms. The summed E-state index contributed by atoms with van der Waals surface area (Å²) in [7, 11) is 0. The van der Waals surface area contributed by atoms with Crippen molar-refractivity contribution in [2.45, 2.75) is 52.1 Å². The second-order valence-electron chi connectivity index (χ2n) is 8.09. The first-order valence-corrected chi connectivity index (χ1v) is 10.6. The van der Waals surface area contributed by atoms with E-state index in [1.807, 2.05) is 18.7 Å². The van der Waals surface area contributed by atoms with Gasteiger partial charge in [0, 0.05) is 42.5 Å². The number of H-pyrrole nitrogens is 1. The molecule has 1 saturated heterocycles. The fourth-order valence-corrected chi connectivity index (χ4v) is 4.24. The van der Waals surface area contributed by atoms with Gasteiger partial charge in [-0.2, -0.15) is 0 Å². The Labute approximate surface area is 175 Å². The number of pyridine rings is 1. The Bertz CT molecular complexity index is 1000. The van der Waals surface area contributed by atoms with Crippen molar-refractivity contribution in [3.05, 3.63) is 57.5 Å². The molecule has 0 bridgehead atoms. The van der Waals surface area contributed by atoms with E-state index >= 15 is 0 Å². The lowest BCUT2D eigenvalue weighted by Crippen LogP contribution is -2.40. The van der Waals surface area contributed by atoms with Crippen LogP contribution in [0.2, 0.25) is 0 Å². The average Bonchev–Trinajstić information content (AvgIpc) is 3.27. The number of fused-ring (bicyclic) bond motifs is 1. The largest absolute Gasteiger partial charge is 0.332 e. The van der Waals surface area contributed by atoms with Crippen LogP contribution >= 0.6 is 0 Å². The van der Waals surface area contributed by atoms with Crippen LogP contribution in [-0.2, 0) is 17.8 Å². The maximum atomic E-state index is 12.8. The normalized spacial score (nSPS) is 19.5. The maximum Gasteiger partial charge on any atom is 0.254 e. The van der Waals surface area contributed by atoms with Crippen LogP contribution in [0.1, 0.15) is 66.6 Å². The number of carbonyl (C=O) groups is 2. The second-order valence-corrected chi connectivity index (χ2v) is 8.09. The number of aromatic amines is 1. The summed E-state index contributed by atoms with van der Waals surface area (Å²) in [5.74, 6) is 0.491. The van der Waals surface area contributed by atoms with Crippen molar-refractivity contribution >= 4 is 11.8 Å². The standard InChI is InChI=1S/C22H27N5O3/c1-3-14(2)21(29)27-11-4-5-18(27)19-24-17-13-26(12-8-16(17)20(28)25-19)22(30)15-6-9-23-10-7-15/h6-7,9-10,14,18H,3-5,8,11-13H2,1-2H3,(H,24,25,28)/t14-,18+/m0/s1. The monoisotopic (exact) mass is 409 g/mol. The van der Waals surface area contributed by atoms with Gasteiger partial charge in [0.25, 0.3) is 11.5 Å². The summed E-state index contributed by atoms with van der Waals surface area (Å²) in [4.78, 5) is 53.5. The van der Waals surface area contributed by atoms with Gasteiger partial charge in [-0.15, -0.1) is 0 Å². The van der Waals surface area contributed by atoms with E-state index in [2.05, 4.69) is 9.97 Å². The number of rotatable bonds is 4. The molecule has 4 rings (SSSR count). The van der Waals surface area contributed by atoms with Gasteiger partial charge in [-0.05, 0) is 37.8 Å². The summed E-state index contributed by atoms with van der Waals surface area (Å²) in [6, 6.07) is 3.16. The summed E-state index contributed by atoms with van der Waals surface area (Å²) in [5, 5.41) is 0. The van der Waals surface area contributed by atoms with Crippen molar-refractivity contribution < 1.29 is 9.59 Å². The molecule has 4 heterocycles. The van der Waals surface area contributed by atoms with E-state index in [1.165, 1.54) is 0 Å². The summed E-state index contributed by atoms with van der Waals surface area (Å²) in [6.45, 7) is 5.38. The van der Waals surface area contributed by atoms with E-state index in [-0.39, 0.29) is 29.3 Å². The van der Waals surface area contributed by atoms with Crippen LogP contribution < -0.4 is 5.56 Å². The van der Waals surface area contributed by atoms with E-state index < -0.39 is 0 Å². The number of aromatic nitrogens is 3. The summed E-state index contributed by atoms with van der Waals surface area (Å²) in [5.41, 5.74) is 1.68. The lowest BCUT2D eigenvalue weighted by molar-refractivity contribution is -0.136. The molecular formula is C22H27N5O3. The zero-order chi connectivity index (χ0) is 21.3. The highest BCUT2D eigenvalue weighted by atomic mass is 16.2. The molecule has 0 saturated carbocycles. The number of amides is 2. The maximum absolute atomic E-state index is 12.8. The molecule has 2 atom stereocenters. The fourth-order valence-electron chi connectivity index (χ4n) is 4.24. The molecule has 0 aromatic carbocycles. The van der Waals surface area contributed by atoms with E-state index in [0.29, 0.717) is 48.7 Å². The van der Waals surface area contributed by atoms with Gasteiger partial charge in [0.15, 0.2) is 0 Å². The number of nitrogens with one attached hydrogen (secondary N) is 1. The minimum Gasteiger partial charge on any atom is -0.332 e. The van der Waals surface area contributed by atoms with Crippen LogP contribution in [-0.4, -0.2) is 49.7 Å². The summed E-state index contributed by atoms with van der Waals surface area (Å²) in [6.07, 6.45) is 6.10. The molecule has 0 aliphatic carbocycles. The predicted molar refractivity (Wildman–Crippen MR) is 111 cm³/mol. The molecule has 8 heteroatoms. The van der Waals surface area contributed by atoms with Crippen LogP contribution in [0.5, 0.6) is 0 Å². The quantitative estimate of drug-likeness (QED) is 0.833. The molecule has 30 heavy (non-hydrogen) atoms. The Hall–Kier alpha value is -3.03. The third-order valence-electron chi connectivity index (χ3n) is 6.19. The minimum atomic E-state index is -0.212. The Balaban J connectivity index is 1.60. The van der Waals surface area contributed by atoms with Crippen molar-refractivity contribution in [1.82, 2.24) is 24.8 Å². The predicted octanol–water partition coefficient (Wildman–Crippen LogP) is 2.07. The van der Waals surface area contributed by atoms with Gasteiger partial charge in [-0.1, -0.05) is 13.8 Å². The molecule has 2 aliphatic rings. The topological polar surface area (TPSA) is 99.3 Å². The number of likely N-dealkylation sites (tertiary alicyclic amines) is 1. The van der Waals surface area contributed by atoms with Gasteiger partial charge >= 0.3 is 0 Å². The van der Waals surface area contributed by atoms with Crippen LogP contribution in [0.4, 0.5) is 0 Å². The fraction of sp³-hybridized carbons (Fsp3) is 0.500. The lowest BCUT2D eigenvalue weighted by atomic mass is 10.0. The Kier molecular flexibility index (Phi) is 5.65. The number of hydrogen-bond acceptors (Lipinski definition) is 5. The SMILES string of the molecule is CC[C@H](C)C(=O)N1CCC[C@@H]1c1nc2c(c(=O)[nH]1)CCN(C(=O)c1ccncc1)C2. The van der Waals surface area contributed by atoms with Gasteiger partial charge in [0.1, 0.15) is 5.82 Å². The lowest BCUT2D eigenvalue weighted by Gasteiger charge is -2.30. The van der Waals surface area contributed by atoms with Gasteiger partial charge in [-0.3, -0.25) is 19.4 Å². The van der Waals surface area contributed by atoms with E-state index in [0.717, 1.165) is 19.3 Å². The second kappa shape index (κ2) is 8.38. The van der Waals surface area contributed by atoms with Crippen LogP contribution in [0.25, 0.3) is 0 Å².